The summed E-state index contributed by atoms with van der Waals surface area (Å²) >= 11 is 6.66. The number of piperidine rings is 1. The lowest BCUT2D eigenvalue weighted by atomic mass is 9.98. The molecule has 1 saturated heterocycles. The molecular weight excluding hydrogens is 606 g/mol. The second-order valence-electron chi connectivity index (χ2n) is 12.6. The van der Waals surface area contributed by atoms with Gasteiger partial charge in [-0.3, -0.25) is 9.88 Å². The van der Waals surface area contributed by atoms with E-state index >= 15 is 0 Å². The Kier molecular flexibility index (Phi) is 8.89. The molecule has 11 heteroatoms. The molecule has 1 atom stereocenters. The van der Waals surface area contributed by atoms with Crippen molar-refractivity contribution in [1.29, 1.82) is 5.26 Å². The minimum absolute atomic E-state index is 0.0446. The molecule has 1 fully saturated rings. The van der Waals surface area contributed by atoms with Crippen LogP contribution < -0.4 is 10.6 Å². The second-order valence-corrected chi connectivity index (χ2v) is 13.0. The highest BCUT2D eigenvalue weighted by atomic mass is 35.5. The third-order valence-electron chi connectivity index (χ3n) is 8.59. The molecular formula is C35H35ClF2N8. The van der Waals surface area contributed by atoms with Gasteiger partial charge in [0.2, 0.25) is 0 Å². The van der Waals surface area contributed by atoms with Crippen molar-refractivity contribution in [2.75, 3.05) is 23.7 Å². The number of rotatable bonds is 8. The molecule has 46 heavy (non-hydrogen) atoms. The summed E-state index contributed by atoms with van der Waals surface area (Å²) in [5, 5.41) is 26.8. The van der Waals surface area contributed by atoms with Crippen molar-refractivity contribution in [3.05, 3.63) is 112 Å². The summed E-state index contributed by atoms with van der Waals surface area (Å²) < 4.78 is 30.3. The summed E-state index contributed by atoms with van der Waals surface area (Å²) in [5.74, 6) is -1.88. The fourth-order valence-electron chi connectivity index (χ4n) is 6.05. The third kappa shape index (κ3) is 6.52. The van der Waals surface area contributed by atoms with Crippen molar-refractivity contribution in [3.63, 3.8) is 0 Å². The first kappa shape index (κ1) is 31.4. The number of hydrogen-bond donors (Lipinski definition) is 2. The van der Waals surface area contributed by atoms with Crippen molar-refractivity contribution in [1.82, 2.24) is 24.9 Å². The van der Waals surface area contributed by atoms with Crippen LogP contribution in [0.3, 0.4) is 0 Å². The first-order chi connectivity index (χ1) is 22.1. The minimum Gasteiger partial charge on any atom is -0.379 e. The number of benzene rings is 3. The van der Waals surface area contributed by atoms with E-state index in [0.717, 1.165) is 43.3 Å². The van der Waals surface area contributed by atoms with Gasteiger partial charge in [0.15, 0.2) is 11.6 Å². The fraction of sp³-hybridized carbons (Fsp3) is 0.314. The number of nitrogens with zero attached hydrogens (tertiary/aromatic N) is 6. The number of aromatic nitrogens is 4. The number of fused-ring (bicyclic) bond motifs is 1. The van der Waals surface area contributed by atoms with Crippen LogP contribution in [-0.4, -0.2) is 43.5 Å². The lowest BCUT2D eigenvalue weighted by Crippen LogP contribution is -2.46. The Bertz CT molecular complexity index is 1890. The molecule has 1 aliphatic heterocycles. The van der Waals surface area contributed by atoms with Crippen molar-refractivity contribution in [2.24, 2.45) is 0 Å². The first-order valence-corrected chi connectivity index (χ1v) is 15.7. The van der Waals surface area contributed by atoms with E-state index in [0.29, 0.717) is 27.3 Å². The van der Waals surface area contributed by atoms with Crippen molar-refractivity contribution in [3.8, 4) is 6.07 Å². The molecule has 0 spiro atoms. The lowest BCUT2D eigenvalue weighted by molar-refractivity contribution is 0.0866. The number of nitrogens with one attached hydrogen (secondary N) is 2. The lowest BCUT2D eigenvalue weighted by Gasteiger charge is -2.40. The SMILES string of the molecule is CC(C)(C)N1CCC(n2cc([C@@H](Nc3cc(Cl)cc4c(NCc5cccc(F)c5F)c(C#N)cnc34)c3ccccc3)nn2)CC1. The first-order valence-electron chi connectivity index (χ1n) is 15.3. The summed E-state index contributed by atoms with van der Waals surface area (Å²) in [6.45, 7) is 8.69. The van der Waals surface area contributed by atoms with Gasteiger partial charge >= 0.3 is 0 Å². The average Bonchev–Trinajstić information content (AvgIpc) is 3.54. The summed E-state index contributed by atoms with van der Waals surface area (Å²) in [7, 11) is 0. The third-order valence-corrected chi connectivity index (χ3v) is 8.81. The van der Waals surface area contributed by atoms with Crippen LogP contribution in [0.15, 0.2) is 73.1 Å². The molecule has 0 bridgehead atoms. The van der Waals surface area contributed by atoms with Gasteiger partial charge in [0.05, 0.1) is 40.7 Å². The van der Waals surface area contributed by atoms with E-state index in [2.05, 4.69) is 57.7 Å². The molecule has 6 rings (SSSR count). The fourth-order valence-corrected chi connectivity index (χ4v) is 6.27. The smallest absolute Gasteiger partial charge is 0.163 e. The summed E-state index contributed by atoms with van der Waals surface area (Å²) in [6, 6.07) is 19.4. The maximum absolute atomic E-state index is 14.4. The largest absolute Gasteiger partial charge is 0.379 e. The van der Waals surface area contributed by atoms with Crippen LogP contribution in [0.5, 0.6) is 0 Å². The molecule has 3 heterocycles. The van der Waals surface area contributed by atoms with Gasteiger partial charge in [0.1, 0.15) is 11.8 Å². The van der Waals surface area contributed by atoms with Gasteiger partial charge in [-0.25, -0.2) is 13.5 Å². The second kappa shape index (κ2) is 13.0. The Morgan fingerprint density at radius 2 is 1.83 bits per heavy atom. The molecule has 8 nitrogen and oxygen atoms in total. The van der Waals surface area contributed by atoms with E-state index in [1.807, 2.05) is 41.2 Å². The molecule has 5 aromatic rings. The van der Waals surface area contributed by atoms with Crippen LogP contribution in [0.4, 0.5) is 20.2 Å². The van der Waals surface area contributed by atoms with E-state index in [-0.39, 0.29) is 35.3 Å². The molecule has 0 radical (unpaired) electrons. The molecule has 236 valence electrons. The summed E-state index contributed by atoms with van der Waals surface area (Å²) in [4.78, 5) is 7.13. The zero-order chi connectivity index (χ0) is 32.4. The highest BCUT2D eigenvalue weighted by Crippen LogP contribution is 2.37. The molecule has 2 N–H and O–H groups in total. The Hall–Kier alpha value is -4.59. The number of likely N-dealkylation sites (tertiary alicyclic amines) is 1. The zero-order valence-electron chi connectivity index (χ0n) is 25.9. The molecule has 0 unspecified atom stereocenters. The van der Waals surface area contributed by atoms with E-state index in [1.54, 1.807) is 12.1 Å². The standard InChI is InChI=1S/C35H35ClF2N8/c1-35(2,3)45-14-12-26(13-15-45)46-21-30(43-44-46)33(22-8-5-4-6-9-22)42-29-17-25(36)16-27-32(24(18-39)20-41-34(27)29)40-19-23-10-7-11-28(37)31(23)38/h4-11,16-17,20-21,26,33,42H,12-15,19H2,1-3H3,(H,40,41)/t33-/m0/s1. The minimum atomic E-state index is -0.939. The van der Waals surface area contributed by atoms with Crippen LogP contribution in [0.1, 0.15) is 68.1 Å². The number of pyridine rings is 1. The van der Waals surface area contributed by atoms with Crippen LogP contribution in [0, 0.1) is 23.0 Å². The summed E-state index contributed by atoms with van der Waals surface area (Å²) in [5.41, 5.74) is 3.81. The van der Waals surface area contributed by atoms with Gasteiger partial charge in [-0.15, -0.1) is 5.10 Å². The molecule has 1 aliphatic rings. The van der Waals surface area contributed by atoms with Gasteiger partial charge < -0.3 is 10.6 Å². The molecule has 0 aliphatic carbocycles. The van der Waals surface area contributed by atoms with Crippen molar-refractivity contribution < 1.29 is 8.78 Å². The normalized spacial score (nSPS) is 15.1. The van der Waals surface area contributed by atoms with Gasteiger partial charge in [0.25, 0.3) is 0 Å². The van der Waals surface area contributed by atoms with Crippen molar-refractivity contribution in [2.45, 2.75) is 57.8 Å². The highest BCUT2D eigenvalue weighted by molar-refractivity contribution is 6.32. The predicted octanol–water partition coefficient (Wildman–Crippen LogP) is 7.88. The van der Waals surface area contributed by atoms with Crippen LogP contribution in [0.2, 0.25) is 5.02 Å². The number of hydrogen-bond acceptors (Lipinski definition) is 7. The average molecular weight is 641 g/mol. The quantitative estimate of drug-likeness (QED) is 0.178. The number of nitriles is 1. The Balaban J connectivity index is 1.34. The topological polar surface area (TPSA) is 94.7 Å². The molecule has 3 aromatic carbocycles. The molecule has 0 amide bonds. The Labute approximate surface area is 272 Å². The van der Waals surface area contributed by atoms with E-state index < -0.39 is 11.6 Å². The van der Waals surface area contributed by atoms with Gasteiger partial charge in [-0.2, -0.15) is 5.26 Å². The van der Waals surface area contributed by atoms with Crippen LogP contribution in [-0.2, 0) is 6.54 Å². The van der Waals surface area contributed by atoms with E-state index in [1.165, 1.54) is 18.3 Å². The van der Waals surface area contributed by atoms with Gasteiger partial charge in [0, 0.05) is 47.3 Å². The maximum atomic E-state index is 14.4. The van der Waals surface area contributed by atoms with Crippen LogP contribution >= 0.6 is 11.6 Å². The predicted molar refractivity (Wildman–Crippen MR) is 177 cm³/mol. The highest BCUT2D eigenvalue weighted by Gasteiger charge is 2.29. The molecule has 0 saturated carbocycles. The Morgan fingerprint density at radius 3 is 2.54 bits per heavy atom. The maximum Gasteiger partial charge on any atom is 0.163 e. The summed E-state index contributed by atoms with van der Waals surface area (Å²) in [6.07, 6.45) is 5.45. The van der Waals surface area contributed by atoms with Gasteiger partial charge in [-0.1, -0.05) is 59.3 Å². The monoisotopic (exact) mass is 640 g/mol. The van der Waals surface area contributed by atoms with E-state index in [4.69, 9.17) is 11.6 Å². The Morgan fingerprint density at radius 1 is 1.07 bits per heavy atom. The molecule has 2 aromatic heterocycles. The number of anilines is 2. The van der Waals surface area contributed by atoms with Crippen molar-refractivity contribution >= 4 is 33.9 Å². The number of halogens is 3. The van der Waals surface area contributed by atoms with Gasteiger partial charge in [-0.05, 0) is 57.4 Å². The van der Waals surface area contributed by atoms with E-state index in [9.17, 15) is 14.0 Å². The van der Waals surface area contributed by atoms with Crippen LogP contribution in [0.25, 0.3) is 10.9 Å². The zero-order valence-corrected chi connectivity index (χ0v) is 26.7.